The minimum Gasteiger partial charge on any atom is -0.208 e. The summed E-state index contributed by atoms with van der Waals surface area (Å²) in [5.41, 5.74) is 20.2. The normalized spacial score (nSPS) is 11.3. The lowest BCUT2D eigenvalue weighted by atomic mass is 9.93. The molecule has 20 rings (SSSR count). The molecule has 0 atom stereocenters. The van der Waals surface area contributed by atoms with E-state index in [0.717, 1.165) is 76.5 Å². The number of rotatable bonds is 12. The van der Waals surface area contributed by atoms with Crippen molar-refractivity contribution in [2.45, 2.75) is 0 Å². The third-order valence-corrected chi connectivity index (χ3v) is 20.6. The molecular formula is C102H66N6. The van der Waals surface area contributed by atoms with Crippen molar-refractivity contribution in [2.75, 3.05) is 0 Å². The molecule has 18 aromatic carbocycles. The maximum atomic E-state index is 5.08. The summed E-state index contributed by atoms with van der Waals surface area (Å²) in [7, 11) is 0. The van der Waals surface area contributed by atoms with Crippen molar-refractivity contribution < 1.29 is 0 Å². The van der Waals surface area contributed by atoms with Crippen molar-refractivity contribution in [3.05, 3.63) is 400 Å². The van der Waals surface area contributed by atoms with Crippen molar-refractivity contribution in [3.63, 3.8) is 0 Å². The van der Waals surface area contributed by atoms with E-state index < -0.39 is 0 Å². The highest BCUT2D eigenvalue weighted by Crippen LogP contribution is 2.38. The quantitative estimate of drug-likeness (QED) is 0.121. The molecule has 0 spiro atoms. The van der Waals surface area contributed by atoms with Crippen molar-refractivity contribution in [1.82, 2.24) is 29.9 Å². The molecule has 20 aromatic rings. The lowest BCUT2D eigenvalue weighted by molar-refractivity contribution is 1.08. The van der Waals surface area contributed by atoms with E-state index >= 15 is 0 Å². The second-order valence-electron chi connectivity index (χ2n) is 27.4. The van der Waals surface area contributed by atoms with Crippen molar-refractivity contribution in [1.29, 1.82) is 0 Å². The Morgan fingerprint density at radius 1 is 0.102 bits per heavy atom. The maximum absolute atomic E-state index is 5.08. The summed E-state index contributed by atoms with van der Waals surface area (Å²) in [5, 5.41) is 13.9. The van der Waals surface area contributed by atoms with Gasteiger partial charge in [-0.1, -0.05) is 346 Å². The Kier molecular flexibility index (Phi) is 16.9. The molecule has 6 nitrogen and oxygen atoms in total. The van der Waals surface area contributed by atoms with E-state index in [1.54, 1.807) is 0 Å². The second-order valence-corrected chi connectivity index (χ2v) is 27.4. The first-order chi connectivity index (χ1) is 53.4. The molecule has 0 bridgehead atoms. The summed E-state index contributed by atoms with van der Waals surface area (Å²) in [4.78, 5) is 30.4. The van der Waals surface area contributed by atoms with E-state index in [0.29, 0.717) is 34.9 Å². The zero-order chi connectivity index (χ0) is 71.7. The Labute approximate surface area is 626 Å². The van der Waals surface area contributed by atoms with E-state index in [-0.39, 0.29) is 0 Å². The summed E-state index contributed by atoms with van der Waals surface area (Å²) in [6.07, 6.45) is 0. The molecule has 504 valence electrons. The van der Waals surface area contributed by atoms with Crippen LogP contribution < -0.4 is 0 Å². The van der Waals surface area contributed by atoms with Gasteiger partial charge >= 0.3 is 0 Å². The summed E-state index contributed by atoms with van der Waals surface area (Å²) in [6, 6.07) is 142. The van der Waals surface area contributed by atoms with Crippen LogP contribution in [-0.4, -0.2) is 29.9 Å². The van der Waals surface area contributed by atoms with Crippen molar-refractivity contribution >= 4 is 64.6 Å². The van der Waals surface area contributed by atoms with E-state index in [9.17, 15) is 0 Å². The third kappa shape index (κ3) is 13.2. The summed E-state index contributed by atoms with van der Waals surface area (Å²) in [5.74, 6) is 3.90. The molecule has 0 fully saturated rings. The highest BCUT2D eigenvalue weighted by atomic mass is 15.0. The molecule has 6 heteroatoms. The average molecular weight is 1380 g/mol. The molecule has 108 heavy (non-hydrogen) atoms. The molecule has 0 aliphatic carbocycles. The minimum absolute atomic E-state index is 0.647. The van der Waals surface area contributed by atoms with Gasteiger partial charge in [-0.25, -0.2) is 29.9 Å². The standard InChI is InChI=1S/2C51H33N3/c1-2-12-37(13-3-1)47-16-8-9-17-48(47)38-22-18-36(19-23-38)41-24-25-43-33-46(29-26-42(43)30-41)51-53-49(44-27-20-34-10-4-6-14-39(34)31-44)52-50(54-51)45-28-21-35-11-5-7-15-40(35)32-45;1-2-9-34(10-3-1)41-15-8-16-42(29-41)37-17-19-38(20-18-37)43-23-24-45-33-48(28-25-44(45)30-43)51-53-49(46-26-21-35-11-4-6-13-39(35)31-46)52-50(54-51)47-27-22-36-12-5-7-14-40(36)32-47/h2*1-33H. The number of benzene rings is 18. The first-order valence-corrected chi connectivity index (χ1v) is 36.5. The van der Waals surface area contributed by atoms with Gasteiger partial charge < -0.3 is 0 Å². The van der Waals surface area contributed by atoms with Crippen LogP contribution >= 0.6 is 0 Å². The summed E-state index contributed by atoms with van der Waals surface area (Å²) >= 11 is 0. The van der Waals surface area contributed by atoms with Gasteiger partial charge in [-0.15, -0.1) is 0 Å². The lowest BCUT2D eigenvalue weighted by Crippen LogP contribution is -2.00. The maximum Gasteiger partial charge on any atom is 0.164 e. The average Bonchev–Trinajstić information content (AvgIpc) is 0.780. The molecule has 0 amide bonds. The van der Waals surface area contributed by atoms with Crippen LogP contribution in [0.4, 0.5) is 0 Å². The van der Waals surface area contributed by atoms with Gasteiger partial charge in [-0.05, 0) is 186 Å². The van der Waals surface area contributed by atoms with Crippen LogP contribution in [0.15, 0.2) is 400 Å². The number of hydrogen-bond donors (Lipinski definition) is 0. The molecule has 0 unspecified atom stereocenters. The Hall–Kier alpha value is -14.5. The van der Waals surface area contributed by atoms with Crippen LogP contribution in [0.25, 0.3) is 200 Å². The van der Waals surface area contributed by atoms with Gasteiger partial charge in [-0.3, -0.25) is 0 Å². The van der Waals surface area contributed by atoms with Crippen LogP contribution in [-0.2, 0) is 0 Å². The molecular weight excluding hydrogens is 1310 g/mol. The van der Waals surface area contributed by atoms with Gasteiger partial charge in [0.15, 0.2) is 34.9 Å². The lowest BCUT2D eigenvalue weighted by Gasteiger charge is -2.12. The van der Waals surface area contributed by atoms with Gasteiger partial charge in [0.1, 0.15) is 0 Å². The fourth-order valence-corrected chi connectivity index (χ4v) is 14.8. The second kappa shape index (κ2) is 28.3. The summed E-state index contributed by atoms with van der Waals surface area (Å²) < 4.78 is 0. The van der Waals surface area contributed by atoms with E-state index in [1.807, 2.05) is 0 Å². The number of aromatic nitrogens is 6. The van der Waals surface area contributed by atoms with Gasteiger partial charge in [0.2, 0.25) is 0 Å². The molecule has 2 heterocycles. The Bertz CT molecular complexity index is 6600. The fourth-order valence-electron chi connectivity index (χ4n) is 14.8. The Morgan fingerprint density at radius 3 is 0.583 bits per heavy atom. The predicted octanol–water partition coefficient (Wildman–Crippen LogP) is 26.7. The Balaban J connectivity index is 0.000000147. The molecule has 0 N–H and O–H groups in total. The highest BCUT2D eigenvalue weighted by Gasteiger charge is 2.18. The highest BCUT2D eigenvalue weighted by molar-refractivity contribution is 5.96. The van der Waals surface area contributed by atoms with Gasteiger partial charge in [0, 0.05) is 33.4 Å². The van der Waals surface area contributed by atoms with Crippen LogP contribution in [0, 0.1) is 0 Å². The number of nitrogens with zero attached hydrogens (tertiary/aromatic N) is 6. The summed E-state index contributed by atoms with van der Waals surface area (Å²) in [6.45, 7) is 0. The molecule has 2 aromatic heterocycles. The van der Waals surface area contributed by atoms with E-state index in [1.165, 1.54) is 88.3 Å². The zero-order valence-electron chi connectivity index (χ0n) is 58.8. The van der Waals surface area contributed by atoms with E-state index in [2.05, 4.69) is 400 Å². The number of fused-ring (bicyclic) bond motifs is 6. The van der Waals surface area contributed by atoms with Gasteiger partial charge in [0.25, 0.3) is 0 Å². The molecule has 0 saturated heterocycles. The molecule has 0 saturated carbocycles. The fraction of sp³-hybridized carbons (Fsp3) is 0. The molecule has 0 aliphatic heterocycles. The van der Waals surface area contributed by atoms with Crippen LogP contribution in [0.1, 0.15) is 0 Å². The van der Waals surface area contributed by atoms with Crippen LogP contribution in [0.5, 0.6) is 0 Å². The minimum atomic E-state index is 0.647. The van der Waals surface area contributed by atoms with Crippen LogP contribution in [0.2, 0.25) is 0 Å². The largest absolute Gasteiger partial charge is 0.208 e. The predicted molar refractivity (Wildman–Crippen MR) is 450 cm³/mol. The van der Waals surface area contributed by atoms with Crippen LogP contribution in [0.3, 0.4) is 0 Å². The molecule has 0 aliphatic rings. The monoisotopic (exact) mass is 1370 g/mol. The van der Waals surface area contributed by atoms with Gasteiger partial charge in [0.05, 0.1) is 0 Å². The Morgan fingerprint density at radius 2 is 0.278 bits per heavy atom. The van der Waals surface area contributed by atoms with Crippen molar-refractivity contribution in [3.8, 4) is 135 Å². The first-order valence-electron chi connectivity index (χ1n) is 36.5. The SMILES string of the molecule is c1ccc(-c2cccc(-c3ccc(-c4ccc5cc(-c6nc(-c7ccc8ccccc8c7)nc(-c7ccc8ccccc8c7)n6)ccc5c4)cc3)c2)cc1.c1ccc(-c2ccccc2-c2ccc(-c3ccc4cc(-c5nc(-c6ccc7ccccc7c6)nc(-c6ccc7ccccc7c6)n5)ccc4c3)cc2)cc1. The molecule has 0 radical (unpaired) electrons. The zero-order valence-corrected chi connectivity index (χ0v) is 58.8. The van der Waals surface area contributed by atoms with Crippen molar-refractivity contribution in [2.24, 2.45) is 0 Å². The number of hydrogen-bond acceptors (Lipinski definition) is 6. The first kappa shape index (κ1) is 64.4. The third-order valence-electron chi connectivity index (χ3n) is 20.6. The van der Waals surface area contributed by atoms with E-state index in [4.69, 9.17) is 29.9 Å². The smallest absolute Gasteiger partial charge is 0.164 e. The topological polar surface area (TPSA) is 77.3 Å². The van der Waals surface area contributed by atoms with Gasteiger partial charge in [-0.2, -0.15) is 0 Å².